The van der Waals surface area contributed by atoms with Crippen molar-refractivity contribution in [1.29, 1.82) is 0 Å². The molecule has 1 aliphatic carbocycles. The molecule has 2 heterocycles. The number of aromatic nitrogens is 3. The Kier molecular flexibility index (Phi) is 3.82. The number of ether oxygens (including phenoxy) is 1. The summed E-state index contributed by atoms with van der Waals surface area (Å²) in [5, 5.41) is 4.50. The molecule has 3 aromatic rings. The third-order valence-electron chi connectivity index (χ3n) is 4.62. The minimum absolute atomic E-state index is 0.324. The smallest absolute Gasteiger partial charge is 0.129 e. The highest BCUT2D eigenvalue weighted by molar-refractivity contribution is 5.82. The van der Waals surface area contributed by atoms with Gasteiger partial charge >= 0.3 is 0 Å². The van der Waals surface area contributed by atoms with Gasteiger partial charge in [-0.25, -0.2) is 9.97 Å². The van der Waals surface area contributed by atoms with Crippen molar-refractivity contribution < 1.29 is 4.74 Å². The Morgan fingerprint density at radius 3 is 2.92 bits per heavy atom. The number of fused-ring (bicyclic) bond motifs is 1. The van der Waals surface area contributed by atoms with E-state index in [0.29, 0.717) is 18.5 Å². The molecule has 2 aromatic heterocycles. The Bertz CT molecular complexity index is 853. The first-order valence-corrected chi connectivity index (χ1v) is 8.18. The van der Waals surface area contributed by atoms with Gasteiger partial charge in [0.2, 0.25) is 0 Å². The van der Waals surface area contributed by atoms with Gasteiger partial charge in [-0.2, -0.15) is 0 Å². The average Bonchev–Trinajstić information content (AvgIpc) is 2.99. The zero-order valence-corrected chi connectivity index (χ0v) is 13.6. The van der Waals surface area contributed by atoms with Gasteiger partial charge in [0.1, 0.15) is 17.9 Å². The van der Waals surface area contributed by atoms with Gasteiger partial charge in [0.05, 0.1) is 13.7 Å². The second-order valence-electron chi connectivity index (χ2n) is 6.36. The molecule has 124 valence electrons. The van der Waals surface area contributed by atoms with E-state index in [0.717, 1.165) is 46.7 Å². The topological polar surface area (TPSA) is 88.8 Å². The molecule has 0 atom stereocenters. The van der Waals surface area contributed by atoms with E-state index < -0.39 is 0 Å². The maximum atomic E-state index is 5.86. The SMILES string of the molecule is COc1ccc2[nH]c(CNc3cc(C4CC(N)C4)ncn3)cc2c1. The monoisotopic (exact) mass is 323 g/mol. The number of rotatable bonds is 5. The molecule has 0 spiro atoms. The zero-order chi connectivity index (χ0) is 16.5. The summed E-state index contributed by atoms with van der Waals surface area (Å²) in [6.45, 7) is 0.678. The van der Waals surface area contributed by atoms with Gasteiger partial charge in [0.25, 0.3) is 0 Å². The zero-order valence-electron chi connectivity index (χ0n) is 13.6. The molecule has 0 saturated heterocycles. The largest absolute Gasteiger partial charge is 0.497 e. The fourth-order valence-corrected chi connectivity index (χ4v) is 3.17. The van der Waals surface area contributed by atoms with E-state index >= 15 is 0 Å². The Hall–Kier alpha value is -2.60. The molecule has 1 saturated carbocycles. The second kappa shape index (κ2) is 6.13. The second-order valence-corrected chi connectivity index (χ2v) is 6.36. The van der Waals surface area contributed by atoms with Gasteiger partial charge in [-0.3, -0.25) is 0 Å². The van der Waals surface area contributed by atoms with E-state index in [-0.39, 0.29) is 0 Å². The number of hydrogen-bond acceptors (Lipinski definition) is 5. The lowest BCUT2D eigenvalue weighted by Gasteiger charge is -2.31. The summed E-state index contributed by atoms with van der Waals surface area (Å²) in [5.41, 5.74) is 9.14. The number of aromatic amines is 1. The van der Waals surface area contributed by atoms with E-state index in [1.54, 1.807) is 13.4 Å². The lowest BCUT2D eigenvalue weighted by atomic mass is 9.79. The molecule has 6 heteroatoms. The van der Waals surface area contributed by atoms with E-state index in [9.17, 15) is 0 Å². The number of nitrogens with one attached hydrogen (secondary N) is 2. The number of nitrogens with two attached hydrogens (primary N) is 1. The maximum Gasteiger partial charge on any atom is 0.129 e. The highest BCUT2D eigenvalue weighted by atomic mass is 16.5. The van der Waals surface area contributed by atoms with Gasteiger partial charge in [0.15, 0.2) is 0 Å². The number of hydrogen-bond donors (Lipinski definition) is 3. The van der Waals surface area contributed by atoms with Crippen LogP contribution in [-0.2, 0) is 6.54 Å². The first-order chi connectivity index (χ1) is 11.7. The van der Waals surface area contributed by atoms with Crippen molar-refractivity contribution in [2.45, 2.75) is 31.3 Å². The highest BCUT2D eigenvalue weighted by Gasteiger charge is 2.28. The average molecular weight is 323 g/mol. The molecule has 0 radical (unpaired) electrons. The lowest BCUT2D eigenvalue weighted by molar-refractivity contribution is 0.345. The molecule has 0 bridgehead atoms. The van der Waals surface area contributed by atoms with Crippen LogP contribution in [0.5, 0.6) is 5.75 Å². The number of nitrogens with zero attached hydrogens (tertiary/aromatic N) is 2. The summed E-state index contributed by atoms with van der Waals surface area (Å²) >= 11 is 0. The standard InChI is InChI=1S/C18H21N5O/c1-24-15-2-3-16-12(7-15)6-14(23-16)9-20-18-8-17(21-10-22-18)11-4-13(19)5-11/h2-3,6-8,10-11,13,23H,4-5,9,19H2,1H3,(H,20,21,22). The Labute approximate surface area is 140 Å². The molecular weight excluding hydrogens is 302 g/mol. The summed E-state index contributed by atoms with van der Waals surface area (Å²) in [5.74, 6) is 2.18. The summed E-state index contributed by atoms with van der Waals surface area (Å²) in [6, 6.07) is 10.5. The Morgan fingerprint density at radius 2 is 2.12 bits per heavy atom. The van der Waals surface area contributed by atoms with Gasteiger partial charge in [-0.15, -0.1) is 0 Å². The Balaban J connectivity index is 1.45. The van der Waals surface area contributed by atoms with Crippen LogP contribution in [0.25, 0.3) is 10.9 Å². The van der Waals surface area contributed by atoms with Crippen molar-refractivity contribution >= 4 is 16.7 Å². The molecule has 0 unspecified atom stereocenters. The normalized spacial score (nSPS) is 19.9. The fraction of sp³-hybridized carbons (Fsp3) is 0.333. The van der Waals surface area contributed by atoms with Crippen LogP contribution in [0, 0.1) is 0 Å². The molecule has 1 aromatic carbocycles. The third kappa shape index (κ3) is 2.92. The number of methoxy groups -OCH3 is 1. The fourth-order valence-electron chi connectivity index (χ4n) is 3.17. The number of H-pyrrole nitrogens is 1. The maximum absolute atomic E-state index is 5.86. The van der Waals surface area contributed by atoms with Gasteiger partial charge in [-0.05, 0) is 37.1 Å². The molecule has 0 amide bonds. The third-order valence-corrected chi connectivity index (χ3v) is 4.62. The van der Waals surface area contributed by atoms with Crippen LogP contribution < -0.4 is 15.8 Å². The molecule has 4 N–H and O–H groups in total. The van der Waals surface area contributed by atoms with Crippen molar-refractivity contribution in [3.8, 4) is 5.75 Å². The Morgan fingerprint density at radius 1 is 1.25 bits per heavy atom. The molecule has 1 aliphatic rings. The summed E-state index contributed by atoms with van der Waals surface area (Å²) in [6.07, 6.45) is 3.65. The summed E-state index contributed by atoms with van der Waals surface area (Å²) < 4.78 is 5.26. The van der Waals surface area contributed by atoms with Crippen molar-refractivity contribution in [1.82, 2.24) is 15.0 Å². The quantitative estimate of drug-likeness (QED) is 0.672. The molecule has 0 aliphatic heterocycles. The minimum Gasteiger partial charge on any atom is -0.497 e. The van der Waals surface area contributed by atoms with Crippen molar-refractivity contribution in [3.63, 3.8) is 0 Å². The van der Waals surface area contributed by atoms with Crippen LogP contribution >= 0.6 is 0 Å². The van der Waals surface area contributed by atoms with Crippen LogP contribution in [0.4, 0.5) is 5.82 Å². The van der Waals surface area contributed by atoms with Gasteiger partial charge < -0.3 is 20.8 Å². The first kappa shape index (κ1) is 15.0. The van der Waals surface area contributed by atoms with Crippen molar-refractivity contribution in [2.75, 3.05) is 12.4 Å². The predicted molar refractivity (Wildman–Crippen MR) is 94.2 cm³/mol. The minimum atomic E-state index is 0.324. The first-order valence-electron chi connectivity index (χ1n) is 8.18. The lowest BCUT2D eigenvalue weighted by Crippen LogP contribution is -2.35. The predicted octanol–water partition coefficient (Wildman–Crippen LogP) is 2.78. The van der Waals surface area contributed by atoms with Crippen molar-refractivity contribution in [3.05, 3.63) is 48.0 Å². The molecular formula is C18H21N5O. The van der Waals surface area contributed by atoms with Gasteiger partial charge in [-0.1, -0.05) is 0 Å². The number of anilines is 1. The van der Waals surface area contributed by atoms with E-state index in [1.165, 1.54) is 0 Å². The molecule has 1 fully saturated rings. The highest BCUT2D eigenvalue weighted by Crippen LogP contribution is 2.34. The molecule has 6 nitrogen and oxygen atoms in total. The van der Waals surface area contributed by atoms with Crippen LogP contribution in [0.1, 0.15) is 30.1 Å². The van der Waals surface area contributed by atoms with Crippen LogP contribution in [0.3, 0.4) is 0 Å². The van der Waals surface area contributed by atoms with E-state index in [1.807, 2.05) is 24.3 Å². The number of benzene rings is 1. The van der Waals surface area contributed by atoms with Crippen LogP contribution in [0.15, 0.2) is 36.7 Å². The van der Waals surface area contributed by atoms with Crippen LogP contribution in [0.2, 0.25) is 0 Å². The summed E-state index contributed by atoms with van der Waals surface area (Å²) in [4.78, 5) is 12.1. The van der Waals surface area contributed by atoms with Gasteiger partial charge in [0, 0.05) is 40.3 Å². The molecule has 24 heavy (non-hydrogen) atoms. The van der Waals surface area contributed by atoms with E-state index in [4.69, 9.17) is 10.5 Å². The molecule has 4 rings (SSSR count). The van der Waals surface area contributed by atoms with Crippen molar-refractivity contribution in [2.24, 2.45) is 5.73 Å². The van der Waals surface area contributed by atoms with E-state index in [2.05, 4.69) is 26.3 Å². The summed E-state index contributed by atoms with van der Waals surface area (Å²) in [7, 11) is 1.68. The van der Waals surface area contributed by atoms with Crippen LogP contribution in [-0.4, -0.2) is 28.1 Å².